The Kier molecular flexibility index (Phi) is 2.81. The molecule has 1 saturated heterocycles. The van der Waals surface area contributed by atoms with Crippen LogP contribution in [0.3, 0.4) is 0 Å². The molecule has 7 nitrogen and oxygen atoms in total. The molecule has 2 aromatic rings. The van der Waals surface area contributed by atoms with E-state index in [0.29, 0.717) is 19.5 Å². The summed E-state index contributed by atoms with van der Waals surface area (Å²) in [5, 5.41) is 9.05. The van der Waals surface area contributed by atoms with Crippen molar-refractivity contribution in [3.8, 4) is 0 Å². The Labute approximate surface area is 109 Å². The molecule has 3 rings (SSSR count). The van der Waals surface area contributed by atoms with Crippen LogP contribution in [0.1, 0.15) is 13.3 Å². The van der Waals surface area contributed by atoms with Gasteiger partial charge in [-0.05, 0) is 13.3 Å². The van der Waals surface area contributed by atoms with Gasteiger partial charge in [-0.25, -0.2) is 15.0 Å². The first-order chi connectivity index (χ1) is 9.20. The fraction of sp³-hybridized carbons (Fsp3) is 0.500. The Morgan fingerprint density at radius 1 is 1.47 bits per heavy atom. The van der Waals surface area contributed by atoms with Crippen molar-refractivity contribution in [1.82, 2.24) is 19.5 Å². The van der Waals surface area contributed by atoms with Crippen molar-refractivity contribution in [1.29, 1.82) is 0 Å². The van der Waals surface area contributed by atoms with E-state index in [1.807, 2.05) is 16.4 Å². The van der Waals surface area contributed by atoms with Crippen molar-refractivity contribution >= 4 is 23.0 Å². The highest BCUT2D eigenvalue weighted by atomic mass is 16.4. The van der Waals surface area contributed by atoms with Crippen LogP contribution < -0.4 is 4.90 Å². The third-order valence-electron chi connectivity index (χ3n) is 3.56. The van der Waals surface area contributed by atoms with E-state index in [-0.39, 0.29) is 5.92 Å². The first kappa shape index (κ1) is 11.9. The van der Waals surface area contributed by atoms with Gasteiger partial charge in [-0.2, -0.15) is 0 Å². The van der Waals surface area contributed by atoms with Gasteiger partial charge in [0.15, 0.2) is 17.0 Å². The van der Waals surface area contributed by atoms with Gasteiger partial charge >= 0.3 is 5.97 Å². The van der Waals surface area contributed by atoms with Crippen LogP contribution in [-0.4, -0.2) is 43.7 Å². The molecular formula is C12H15N5O2. The third-order valence-corrected chi connectivity index (χ3v) is 3.56. The van der Waals surface area contributed by atoms with E-state index in [0.717, 1.165) is 23.5 Å². The van der Waals surface area contributed by atoms with E-state index in [9.17, 15) is 4.79 Å². The second-order valence-corrected chi connectivity index (χ2v) is 4.67. The van der Waals surface area contributed by atoms with E-state index >= 15 is 0 Å². The Hall–Kier alpha value is -2.18. The third kappa shape index (κ3) is 1.91. The lowest BCUT2D eigenvalue weighted by molar-refractivity contribution is -0.140. The van der Waals surface area contributed by atoms with Crippen molar-refractivity contribution < 1.29 is 9.90 Å². The fourth-order valence-electron chi connectivity index (χ4n) is 2.49. The molecule has 2 aromatic heterocycles. The quantitative estimate of drug-likeness (QED) is 0.878. The second kappa shape index (κ2) is 4.49. The molecule has 1 aliphatic rings. The number of nitrogens with zero attached hydrogens (tertiary/aromatic N) is 5. The molecule has 3 heterocycles. The first-order valence-corrected chi connectivity index (χ1v) is 6.34. The number of carboxylic acids is 1. The predicted octanol–water partition coefficient (Wildman–Crippen LogP) is 0.757. The van der Waals surface area contributed by atoms with Crippen LogP contribution >= 0.6 is 0 Å². The summed E-state index contributed by atoms with van der Waals surface area (Å²) < 4.78 is 1.95. The summed E-state index contributed by atoms with van der Waals surface area (Å²) in [6, 6.07) is 0. The van der Waals surface area contributed by atoms with Gasteiger partial charge in [-0.15, -0.1) is 0 Å². The maximum Gasteiger partial charge on any atom is 0.308 e. The number of aromatic nitrogens is 4. The zero-order valence-electron chi connectivity index (χ0n) is 10.7. The van der Waals surface area contributed by atoms with Gasteiger partial charge in [-0.1, -0.05) is 0 Å². The first-order valence-electron chi connectivity index (χ1n) is 6.34. The molecule has 0 aliphatic carbocycles. The fourth-order valence-corrected chi connectivity index (χ4v) is 2.49. The molecule has 0 radical (unpaired) electrons. The number of fused-ring (bicyclic) bond motifs is 1. The second-order valence-electron chi connectivity index (χ2n) is 4.67. The van der Waals surface area contributed by atoms with E-state index < -0.39 is 5.97 Å². The minimum Gasteiger partial charge on any atom is -0.481 e. The topological polar surface area (TPSA) is 84.1 Å². The van der Waals surface area contributed by atoms with Crippen LogP contribution in [0.2, 0.25) is 0 Å². The summed E-state index contributed by atoms with van der Waals surface area (Å²) in [4.78, 5) is 25.9. The lowest BCUT2D eigenvalue weighted by Gasteiger charge is -2.16. The normalized spacial score (nSPS) is 19.2. The molecule has 0 saturated carbocycles. The molecule has 0 spiro atoms. The average molecular weight is 261 g/mol. The van der Waals surface area contributed by atoms with Crippen LogP contribution in [0.5, 0.6) is 0 Å². The summed E-state index contributed by atoms with van der Waals surface area (Å²) in [6.45, 7) is 4.01. The lowest BCUT2D eigenvalue weighted by atomic mass is 10.1. The highest BCUT2D eigenvalue weighted by Gasteiger charge is 2.30. The molecule has 0 aromatic carbocycles. The molecule has 19 heavy (non-hydrogen) atoms. The number of carbonyl (C=O) groups is 1. The van der Waals surface area contributed by atoms with Crippen molar-refractivity contribution in [2.75, 3.05) is 18.0 Å². The summed E-state index contributed by atoms with van der Waals surface area (Å²) in [5.74, 6) is -0.328. The zero-order valence-corrected chi connectivity index (χ0v) is 10.7. The highest BCUT2D eigenvalue weighted by molar-refractivity contribution is 5.84. The number of hydrogen-bond acceptors (Lipinski definition) is 5. The number of imidazole rings is 1. The number of anilines is 1. The summed E-state index contributed by atoms with van der Waals surface area (Å²) in [5.41, 5.74) is 1.54. The Balaban J connectivity index is 1.98. The van der Waals surface area contributed by atoms with E-state index in [4.69, 9.17) is 5.11 Å². The van der Waals surface area contributed by atoms with Crippen LogP contribution in [-0.2, 0) is 11.3 Å². The molecule has 1 aliphatic heterocycles. The number of aliphatic carboxylic acids is 1. The van der Waals surface area contributed by atoms with Crippen LogP contribution in [0.15, 0.2) is 12.7 Å². The van der Waals surface area contributed by atoms with Crippen LogP contribution in [0.4, 0.5) is 5.82 Å². The molecule has 1 fully saturated rings. The summed E-state index contributed by atoms with van der Waals surface area (Å²) in [7, 11) is 0. The largest absolute Gasteiger partial charge is 0.481 e. The van der Waals surface area contributed by atoms with Gasteiger partial charge in [0.2, 0.25) is 0 Å². The molecule has 0 bridgehead atoms. The van der Waals surface area contributed by atoms with Crippen molar-refractivity contribution in [2.45, 2.75) is 19.9 Å². The van der Waals surface area contributed by atoms with Gasteiger partial charge in [-0.3, -0.25) is 4.79 Å². The average Bonchev–Trinajstić information content (AvgIpc) is 3.05. The molecule has 100 valence electrons. The van der Waals surface area contributed by atoms with E-state index in [1.54, 1.807) is 6.33 Å². The van der Waals surface area contributed by atoms with Crippen molar-refractivity contribution in [3.63, 3.8) is 0 Å². The Morgan fingerprint density at radius 2 is 2.32 bits per heavy atom. The monoisotopic (exact) mass is 261 g/mol. The number of aryl methyl sites for hydroxylation is 1. The number of rotatable bonds is 3. The molecule has 1 unspecified atom stereocenters. The molecule has 1 N–H and O–H groups in total. The smallest absolute Gasteiger partial charge is 0.308 e. The van der Waals surface area contributed by atoms with Gasteiger partial charge in [0.1, 0.15) is 6.33 Å². The standard InChI is InChI=1S/C12H15N5O2/c1-2-16-7-15-9-10(16)13-6-14-11(9)17-4-3-8(5-17)12(18)19/h6-8H,2-5H2,1H3,(H,18,19). The van der Waals surface area contributed by atoms with Gasteiger partial charge in [0, 0.05) is 19.6 Å². The van der Waals surface area contributed by atoms with Crippen LogP contribution in [0, 0.1) is 5.92 Å². The summed E-state index contributed by atoms with van der Waals surface area (Å²) >= 11 is 0. The lowest BCUT2D eigenvalue weighted by Crippen LogP contribution is -2.23. The van der Waals surface area contributed by atoms with Gasteiger partial charge in [0.25, 0.3) is 0 Å². The Bertz CT molecular complexity index is 624. The molecule has 1 atom stereocenters. The minimum absolute atomic E-state index is 0.321. The molecule has 0 amide bonds. The highest BCUT2D eigenvalue weighted by Crippen LogP contribution is 2.27. The van der Waals surface area contributed by atoms with Gasteiger partial charge in [0.05, 0.1) is 12.2 Å². The number of hydrogen-bond donors (Lipinski definition) is 1. The van der Waals surface area contributed by atoms with E-state index in [1.165, 1.54) is 6.33 Å². The minimum atomic E-state index is -0.744. The summed E-state index contributed by atoms with van der Waals surface area (Å²) in [6.07, 6.45) is 3.91. The van der Waals surface area contributed by atoms with Gasteiger partial charge < -0.3 is 14.6 Å². The predicted molar refractivity (Wildman–Crippen MR) is 69.0 cm³/mol. The number of carboxylic acid groups (broad SMARTS) is 1. The maximum absolute atomic E-state index is 11.0. The SMILES string of the molecule is CCn1cnc2c(N3CCC(C(=O)O)C3)ncnc21. The van der Waals surface area contributed by atoms with Crippen molar-refractivity contribution in [2.24, 2.45) is 5.92 Å². The zero-order chi connectivity index (χ0) is 13.4. The van der Waals surface area contributed by atoms with Crippen LogP contribution in [0.25, 0.3) is 11.2 Å². The molecular weight excluding hydrogens is 246 g/mol. The Morgan fingerprint density at radius 3 is 3.00 bits per heavy atom. The molecule has 7 heteroatoms. The van der Waals surface area contributed by atoms with Crippen molar-refractivity contribution in [3.05, 3.63) is 12.7 Å². The maximum atomic E-state index is 11.0. The van der Waals surface area contributed by atoms with E-state index in [2.05, 4.69) is 15.0 Å².